The Hall–Kier alpha value is -1.88. The Labute approximate surface area is 124 Å². The first-order valence-corrected chi connectivity index (χ1v) is 7.31. The molecule has 0 saturated carbocycles. The van der Waals surface area contributed by atoms with Crippen LogP contribution in [-0.2, 0) is 16.1 Å². The van der Waals surface area contributed by atoms with Crippen molar-refractivity contribution >= 4 is 11.9 Å². The summed E-state index contributed by atoms with van der Waals surface area (Å²) < 4.78 is 5.02. The van der Waals surface area contributed by atoms with E-state index in [0.717, 1.165) is 5.56 Å². The van der Waals surface area contributed by atoms with E-state index in [-0.39, 0.29) is 24.4 Å². The predicted octanol–water partition coefficient (Wildman–Crippen LogP) is 1.59. The van der Waals surface area contributed by atoms with Gasteiger partial charge in [0.2, 0.25) is 0 Å². The maximum atomic E-state index is 12.3. The molecule has 5 heteroatoms. The van der Waals surface area contributed by atoms with Crippen LogP contribution in [0.2, 0.25) is 0 Å². The van der Waals surface area contributed by atoms with Crippen LogP contribution in [-0.4, -0.2) is 41.6 Å². The van der Waals surface area contributed by atoms with Gasteiger partial charge in [0.1, 0.15) is 0 Å². The van der Waals surface area contributed by atoms with Gasteiger partial charge in [-0.1, -0.05) is 12.1 Å². The molecule has 1 aliphatic heterocycles. The van der Waals surface area contributed by atoms with Crippen LogP contribution < -0.4 is 0 Å². The fraction of sp³-hybridized carbons (Fsp3) is 0.500. The molecule has 5 nitrogen and oxygen atoms in total. The van der Waals surface area contributed by atoms with E-state index in [1.165, 1.54) is 0 Å². The molecular weight excluding hydrogens is 270 g/mol. The second kappa shape index (κ2) is 7.22. The molecule has 0 bridgehead atoms. The number of esters is 1. The van der Waals surface area contributed by atoms with Gasteiger partial charge in [0, 0.05) is 18.7 Å². The summed E-state index contributed by atoms with van der Waals surface area (Å²) in [4.78, 5) is 25.8. The average molecular weight is 291 g/mol. The van der Waals surface area contributed by atoms with Crippen LogP contribution in [0.25, 0.3) is 0 Å². The number of benzene rings is 1. The highest BCUT2D eigenvalue weighted by Crippen LogP contribution is 2.20. The minimum atomic E-state index is -0.156. The second-order valence-corrected chi connectivity index (χ2v) is 5.17. The van der Waals surface area contributed by atoms with E-state index in [0.29, 0.717) is 38.1 Å². The molecule has 1 aromatic carbocycles. The summed E-state index contributed by atoms with van der Waals surface area (Å²) in [6, 6.07) is 6.95. The van der Waals surface area contributed by atoms with Crippen molar-refractivity contribution in [1.82, 2.24) is 4.90 Å². The molecule has 0 unspecified atom stereocenters. The molecule has 1 fully saturated rings. The number of aliphatic hydroxyl groups is 1. The Bertz CT molecular complexity index is 490. The van der Waals surface area contributed by atoms with Crippen molar-refractivity contribution in [1.29, 1.82) is 0 Å². The fourth-order valence-electron chi connectivity index (χ4n) is 2.51. The molecule has 2 rings (SSSR count). The largest absolute Gasteiger partial charge is 0.466 e. The number of hydrogen-bond donors (Lipinski definition) is 1. The first-order chi connectivity index (χ1) is 10.2. The number of rotatable bonds is 4. The molecule has 0 spiro atoms. The molecule has 0 aliphatic carbocycles. The minimum absolute atomic E-state index is 0.0261. The van der Waals surface area contributed by atoms with Crippen LogP contribution in [0.3, 0.4) is 0 Å². The quantitative estimate of drug-likeness (QED) is 0.856. The molecule has 1 saturated heterocycles. The van der Waals surface area contributed by atoms with E-state index in [9.17, 15) is 9.59 Å². The van der Waals surface area contributed by atoms with Crippen molar-refractivity contribution in [2.75, 3.05) is 19.7 Å². The SMILES string of the molecule is CCOC(=O)C1CCN(C(=O)c2ccc(CO)cc2)CC1. The third-order valence-corrected chi connectivity index (χ3v) is 3.79. The molecule has 0 atom stereocenters. The lowest BCUT2D eigenvalue weighted by molar-refractivity contribution is -0.149. The molecule has 0 aromatic heterocycles. The molecule has 21 heavy (non-hydrogen) atoms. The topological polar surface area (TPSA) is 66.8 Å². The third-order valence-electron chi connectivity index (χ3n) is 3.79. The zero-order chi connectivity index (χ0) is 15.2. The molecule has 1 aliphatic rings. The lowest BCUT2D eigenvalue weighted by atomic mass is 9.96. The zero-order valence-electron chi connectivity index (χ0n) is 12.2. The standard InChI is InChI=1S/C16H21NO4/c1-2-21-16(20)14-7-9-17(10-8-14)15(19)13-5-3-12(11-18)4-6-13/h3-6,14,18H,2,7-11H2,1H3. The van der Waals surface area contributed by atoms with Crippen LogP contribution in [0.5, 0.6) is 0 Å². The predicted molar refractivity (Wildman–Crippen MR) is 77.6 cm³/mol. The number of aliphatic hydroxyl groups excluding tert-OH is 1. The van der Waals surface area contributed by atoms with Crippen LogP contribution in [0.4, 0.5) is 0 Å². The van der Waals surface area contributed by atoms with Gasteiger partial charge in [0.25, 0.3) is 5.91 Å². The van der Waals surface area contributed by atoms with Crippen molar-refractivity contribution in [2.45, 2.75) is 26.4 Å². The highest BCUT2D eigenvalue weighted by atomic mass is 16.5. The maximum Gasteiger partial charge on any atom is 0.309 e. The summed E-state index contributed by atoms with van der Waals surface area (Å²) in [5.41, 5.74) is 1.40. The summed E-state index contributed by atoms with van der Waals surface area (Å²) in [6.07, 6.45) is 1.30. The molecule has 114 valence electrons. The van der Waals surface area contributed by atoms with Gasteiger partial charge < -0.3 is 14.7 Å². The monoisotopic (exact) mass is 291 g/mol. The van der Waals surface area contributed by atoms with E-state index >= 15 is 0 Å². The van der Waals surface area contributed by atoms with Gasteiger partial charge in [-0.05, 0) is 37.5 Å². The molecule has 1 amide bonds. The summed E-state index contributed by atoms with van der Waals surface area (Å²) in [5.74, 6) is -0.274. The average Bonchev–Trinajstić information content (AvgIpc) is 2.54. The third kappa shape index (κ3) is 3.82. The lowest BCUT2D eigenvalue weighted by Gasteiger charge is -2.31. The van der Waals surface area contributed by atoms with Crippen molar-refractivity contribution in [2.24, 2.45) is 5.92 Å². The molecule has 1 N–H and O–H groups in total. The number of carbonyl (C=O) groups is 2. The van der Waals surface area contributed by atoms with E-state index < -0.39 is 0 Å². The van der Waals surface area contributed by atoms with Crippen molar-refractivity contribution < 1.29 is 19.4 Å². The van der Waals surface area contributed by atoms with Gasteiger partial charge >= 0.3 is 5.97 Å². The second-order valence-electron chi connectivity index (χ2n) is 5.17. The number of hydrogen-bond acceptors (Lipinski definition) is 4. The van der Waals surface area contributed by atoms with E-state index in [2.05, 4.69) is 0 Å². The van der Waals surface area contributed by atoms with Gasteiger partial charge in [-0.3, -0.25) is 9.59 Å². The Kier molecular flexibility index (Phi) is 5.33. The number of amides is 1. The summed E-state index contributed by atoms with van der Waals surface area (Å²) >= 11 is 0. The van der Waals surface area contributed by atoms with Gasteiger partial charge in [0.15, 0.2) is 0 Å². The van der Waals surface area contributed by atoms with E-state index in [1.807, 2.05) is 0 Å². The number of nitrogens with zero attached hydrogens (tertiary/aromatic N) is 1. The number of ether oxygens (including phenoxy) is 1. The smallest absolute Gasteiger partial charge is 0.309 e. The summed E-state index contributed by atoms with van der Waals surface area (Å²) in [6.45, 7) is 3.31. The summed E-state index contributed by atoms with van der Waals surface area (Å²) in [5, 5.41) is 9.00. The van der Waals surface area contributed by atoms with Crippen LogP contribution in [0, 0.1) is 5.92 Å². The Balaban J connectivity index is 1.92. The van der Waals surface area contributed by atoms with Crippen molar-refractivity contribution in [3.8, 4) is 0 Å². The van der Waals surface area contributed by atoms with Gasteiger partial charge in [-0.2, -0.15) is 0 Å². The van der Waals surface area contributed by atoms with Gasteiger partial charge in [0.05, 0.1) is 19.1 Å². The van der Waals surface area contributed by atoms with Gasteiger partial charge in [-0.15, -0.1) is 0 Å². The normalized spacial score (nSPS) is 15.8. The maximum absolute atomic E-state index is 12.3. The number of carbonyl (C=O) groups excluding carboxylic acids is 2. The Morgan fingerprint density at radius 3 is 2.38 bits per heavy atom. The number of likely N-dealkylation sites (tertiary alicyclic amines) is 1. The first kappa shape index (κ1) is 15.5. The highest BCUT2D eigenvalue weighted by Gasteiger charge is 2.28. The van der Waals surface area contributed by atoms with Crippen molar-refractivity contribution in [3.63, 3.8) is 0 Å². The minimum Gasteiger partial charge on any atom is -0.466 e. The van der Waals surface area contributed by atoms with Crippen molar-refractivity contribution in [3.05, 3.63) is 35.4 Å². The molecule has 1 heterocycles. The van der Waals surface area contributed by atoms with Gasteiger partial charge in [-0.25, -0.2) is 0 Å². The van der Waals surface area contributed by atoms with Crippen LogP contribution >= 0.6 is 0 Å². The first-order valence-electron chi connectivity index (χ1n) is 7.31. The van der Waals surface area contributed by atoms with Crippen LogP contribution in [0.15, 0.2) is 24.3 Å². The Morgan fingerprint density at radius 2 is 1.86 bits per heavy atom. The Morgan fingerprint density at radius 1 is 1.24 bits per heavy atom. The van der Waals surface area contributed by atoms with Crippen LogP contribution in [0.1, 0.15) is 35.7 Å². The summed E-state index contributed by atoms with van der Waals surface area (Å²) in [7, 11) is 0. The van der Waals surface area contributed by atoms with E-state index in [4.69, 9.17) is 9.84 Å². The molecule has 0 radical (unpaired) electrons. The lowest BCUT2D eigenvalue weighted by Crippen LogP contribution is -2.40. The zero-order valence-corrected chi connectivity index (χ0v) is 12.2. The fourth-order valence-corrected chi connectivity index (χ4v) is 2.51. The number of piperidine rings is 1. The highest BCUT2D eigenvalue weighted by molar-refractivity contribution is 5.94. The molecular formula is C16H21NO4. The molecule has 1 aromatic rings. The van der Waals surface area contributed by atoms with E-state index in [1.54, 1.807) is 36.1 Å².